The smallest absolute Gasteiger partial charge is 0.129 e. The van der Waals surface area contributed by atoms with Crippen LogP contribution in [0.2, 0.25) is 10.0 Å². The fourth-order valence-electron chi connectivity index (χ4n) is 1.52. The molecule has 0 aliphatic rings. The molecule has 0 radical (unpaired) electrons. The van der Waals surface area contributed by atoms with Crippen LogP contribution in [0.5, 0.6) is 0 Å². The Hall–Kier alpha value is -0.770. The lowest BCUT2D eigenvalue weighted by atomic mass is 10.2. The van der Waals surface area contributed by atoms with Crippen molar-refractivity contribution in [1.29, 1.82) is 0 Å². The van der Waals surface area contributed by atoms with Crippen molar-refractivity contribution in [1.82, 2.24) is 0 Å². The highest BCUT2D eigenvalue weighted by atomic mass is 79.9. The quantitative estimate of drug-likeness (QED) is 0.771. The molecule has 18 heavy (non-hydrogen) atoms. The summed E-state index contributed by atoms with van der Waals surface area (Å²) in [4.78, 5) is 0. The van der Waals surface area contributed by atoms with E-state index in [-0.39, 0.29) is 12.4 Å². The predicted molar refractivity (Wildman–Crippen MR) is 77.9 cm³/mol. The molecule has 0 unspecified atom stereocenters. The largest absolute Gasteiger partial charge is 0.380 e. The molecule has 0 aliphatic carbocycles. The third-order valence-corrected chi connectivity index (χ3v) is 3.62. The van der Waals surface area contributed by atoms with E-state index >= 15 is 0 Å². The normalized spacial score (nSPS) is 10.4. The summed E-state index contributed by atoms with van der Waals surface area (Å²) >= 11 is 15.3. The average Bonchev–Trinajstić information content (AvgIpc) is 2.33. The van der Waals surface area contributed by atoms with E-state index in [0.29, 0.717) is 15.6 Å². The van der Waals surface area contributed by atoms with Crippen LogP contribution < -0.4 is 5.32 Å². The highest BCUT2D eigenvalue weighted by molar-refractivity contribution is 9.10. The first-order chi connectivity index (χ1) is 8.58. The molecule has 0 bridgehead atoms. The summed E-state index contributed by atoms with van der Waals surface area (Å²) in [5.74, 6) is -0.332. The summed E-state index contributed by atoms with van der Waals surface area (Å²) in [5, 5.41) is 4.04. The van der Waals surface area contributed by atoms with Crippen molar-refractivity contribution in [2.75, 3.05) is 5.32 Å². The summed E-state index contributed by atoms with van der Waals surface area (Å²) in [7, 11) is 0. The van der Waals surface area contributed by atoms with Crippen molar-refractivity contribution in [2.24, 2.45) is 0 Å². The summed E-state index contributed by atoms with van der Waals surface area (Å²) in [6, 6.07) is 10.0. The molecule has 1 nitrogen and oxygen atoms in total. The van der Waals surface area contributed by atoms with E-state index in [2.05, 4.69) is 21.2 Å². The van der Waals surface area contributed by atoms with E-state index in [1.165, 1.54) is 6.07 Å². The standard InChI is InChI=1S/C13H9BrCl2FN/c14-8-4-5-11(16)13(6-8)18-7-9-10(15)2-1-3-12(9)17/h1-6,18H,7H2. The third kappa shape index (κ3) is 3.16. The zero-order valence-electron chi connectivity index (χ0n) is 9.18. The first-order valence-electron chi connectivity index (χ1n) is 5.20. The summed E-state index contributed by atoms with van der Waals surface area (Å²) in [6.07, 6.45) is 0. The van der Waals surface area contributed by atoms with E-state index < -0.39 is 0 Å². The van der Waals surface area contributed by atoms with Crippen molar-refractivity contribution in [2.45, 2.75) is 6.54 Å². The van der Waals surface area contributed by atoms with E-state index in [1.807, 2.05) is 12.1 Å². The highest BCUT2D eigenvalue weighted by Crippen LogP contribution is 2.27. The second-order valence-electron chi connectivity index (χ2n) is 3.68. The minimum absolute atomic E-state index is 0.279. The lowest BCUT2D eigenvalue weighted by Gasteiger charge is -2.10. The van der Waals surface area contributed by atoms with Crippen LogP contribution in [0, 0.1) is 5.82 Å². The maximum Gasteiger partial charge on any atom is 0.129 e. The molecule has 0 fully saturated rings. The zero-order valence-corrected chi connectivity index (χ0v) is 12.3. The number of rotatable bonds is 3. The molecule has 0 saturated carbocycles. The van der Waals surface area contributed by atoms with Crippen molar-refractivity contribution in [3.8, 4) is 0 Å². The number of benzene rings is 2. The molecule has 0 atom stereocenters. The number of hydrogen-bond donors (Lipinski definition) is 1. The van der Waals surface area contributed by atoms with Gasteiger partial charge < -0.3 is 5.32 Å². The first-order valence-corrected chi connectivity index (χ1v) is 6.74. The minimum Gasteiger partial charge on any atom is -0.380 e. The van der Waals surface area contributed by atoms with Gasteiger partial charge in [-0.05, 0) is 30.3 Å². The van der Waals surface area contributed by atoms with Gasteiger partial charge in [-0.3, -0.25) is 0 Å². The molecule has 0 spiro atoms. The first kappa shape index (κ1) is 13.7. The lowest BCUT2D eigenvalue weighted by Crippen LogP contribution is -2.03. The van der Waals surface area contributed by atoms with Crippen molar-refractivity contribution in [3.05, 3.63) is 62.3 Å². The van der Waals surface area contributed by atoms with Crippen LogP contribution in [0.25, 0.3) is 0 Å². The van der Waals surface area contributed by atoms with Gasteiger partial charge >= 0.3 is 0 Å². The van der Waals surface area contributed by atoms with Gasteiger partial charge in [0.2, 0.25) is 0 Å². The maximum absolute atomic E-state index is 13.6. The molecule has 2 aromatic carbocycles. The molecule has 2 aromatic rings. The van der Waals surface area contributed by atoms with E-state index in [0.717, 1.165) is 10.2 Å². The van der Waals surface area contributed by atoms with E-state index in [4.69, 9.17) is 23.2 Å². The van der Waals surface area contributed by atoms with Crippen LogP contribution in [0.3, 0.4) is 0 Å². The highest BCUT2D eigenvalue weighted by Gasteiger charge is 2.07. The number of halogens is 4. The van der Waals surface area contributed by atoms with Crippen LogP contribution in [-0.4, -0.2) is 0 Å². The van der Waals surface area contributed by atoms with E-state index in [1.54, 1.807) is 18.2 Å². The van der Waals surface area contributed by atoms with Gasteiger partial charge in [-0.1, -0.05) is 45.2 Å². The number of nitrogens with one attached hydrogen (secondary N) is 1. The monoisotopic (exact) mass is 347 g/mol. The Morgan fingerprint density at radius 3 is 2.61 bits per heavy atom. The Balaban J connectivity index is 2.19. The Kier molecular flexibility index (Phi) is 4.49. The van der Waals surface area contributed by atoms with Crippen LogP contribution in [0.1, 0.15) is 5.56 Å². The Bertz CT molecular complexity index is 555. The van der Waals surface area contributed by atoms with Gasteiger partial charge in [0.25, 0.3) is 0 Å². The van der Waals surface area contributed by atoms with Crippen LogP contribution in [0.15, 0.2) is 40.9 Å². The predicted octanol–water partition coefficient (Wildman–Crippen LogP) is 5.51. The van der Waals surface area contributed by atoms with Crippen LogP contribution in [0.4, 0.5) is 10.1 Å². The van der Waals surface area contributed by atoms with Crippen molar-refractivity contribution in [3.63, 3.8) is 0 Å². The van der Waals surface area contributed by atoms with Crippen molar-refractivity contribution < 1.29 is 4.39 Å². The molecule has 0 aromatic heterocycles. The van der Waals surface area contributed by atoms with Gasteiger partial charge in [-0.15, -0.1) is 0 Å². The molecular formula is C13H9BrCl2FN. The van der Waals surface area contributed by atoms with Gasteiger partial charge in [-0.2, -0.15) is 0 Å². The molecule has 5 heteroatoms. The number of anilines is 1. The van der Waals surface area contributed by atoms with Crippen LogP contribution in [-0.2, 0) is 6.54 Å². The Morgan fingerprint density at radius 2 is 1.89 bits per heavy atom. The van der Waals surface area contributed by atoms with Gasteiger partial charge in [-0.25, -0.2) is 4.39 Å². The topological polar surface area (TPSA) is 12.0 Å². The summed E-state index contributed by atoms with van der Waals surface area (Å²) in [5.41, 5.74) is 1.15. The molecule has 0 aliphatic heterocycles. The van der Waals surface area contributed by atoms with Gasteiger partial charge in [0.05, 0.1) is 10.7 Å². The second-order valence-corrected chi connectivity index (χ2v) is 5.41. The second kappa shape index (κ2) is 5.91. The van der Waals surface area contributed by atoms with Gasteiger partial charge in [0.15, 0.2) is 0 Å². The molecule has 0 saturated heterocycles. The molecule has 1 N–H and O–H groups in total. The summed E-state index contributed by atoms with van der Waals surface area (Å²) in [6.45, 7) is 0.279. The third-order valence-electron chi connectivity index (χ3n) is 2.45. The number of hydrogen-bond acceptors (Lipinski definition) is 1. The molecule has 2 rings (SSSR count). The Labute approximate surface area is 123 Å². The average molecular weight is 349 g/mol. The molecule has 94 valence electrons. The van der Waals surface area contributed by atoms with E-state index in [9.17, 15) is 4.39 Å². The van der Waals surface area contributed by atoms with Crippen LogP contribution >= 0.6 is 39.1 Å². The Morgan fingerprint density at radius 1 is 1.11 bits per heavy atom. The lowest BCUT2D eigenvalue weighted by molar-refractivity contribution is 0.613. The fourth-order valence-corrected chi connectivity index (χ4v) is 2.29. The van der Waals surface area contributed by atoms with Gasteiger partial charge in [0, 0.05) is 21.6 Å². The molecule has 0 heterocycles. The SMILES string of the molecule is Fc1cccc(Cl)c1CNc1cc(Br)ccc1Cl. The molecular weight excluding hydrogens is 340 g/mol. The van der Waals surface area contributed by atoms with Gasteiger partial charge in [0.1, 0.15) is 5.82 Å². The van der Waals surface area contributed by atoms with Crippen molar-refractivity contribution >= 4 is 44.8 Å². The minimum atomic E-state index is -0.332. The molecule has 0 amide bonds. The summed E-state index contributed by atoms with van der Waals surface area (Å²) < 4.78 is 14.5. The maximum atomic E-state index is 13.6. The fraction of sp³-hybridized carbons (Fsp3) is 0.0769. The zero-order chi connectivity index (χ0) is 13.1.